The molecule has 12 heavy (non-hydrogen) atoms. The highest BCUT2D eigenvalue weighted by Gasteiger charge is 2.35. The SMILES string of the molecule is ON=C(Cl)C1(F)C=CC=C(F)C1. The summed E-state index contributed by atoms with van der Waals surface area (Å²) in [7, 11) is 0. The third kappa shape index (κ3) is 1.64. The summed E-state index contributed by atoms with van der Waals surface area (Å²) < 4.78 is 26.0. The third-order valence-electron chi connectivity index (χ3n) is 1.49. The number of halogens is 3. The van der Waals surface area contributed by atoms with E-state index in [0.717, 1.165) is 12.2 Å². The summed E-state index contributed by atoms with van der Waals surface area (Å²) in [4.78, 5) is 0. The summed E-state index contributed by atoms with van der Waals surface area (Å²) >= 11 is 5.23. The standard InChI is InChI=1S/C7H6ClF2NO/c8-6(11-12)7(10)3-1-2-5(9)4-7/h1-3,12H,4H2. The van der Waals surface area contributed by atoms with E-state index in [9.17, 15) is 8.78 Å². The van der Waals surface area contributed by atoms with Crippen molar-refractivity contribution in [3.05, 3.63) is 24.1 Å². The fourth-order valence-corrected chi connectivity index (χ4v) is 1.02. The van der Waals surface area contributed by atoms with Crippen LogP contribution in [-0.2, 0) is 0 Å². The summed E-state index contributed by atoms with van der Waals surface area (Å²) in [6.45, 7) is 0. The molecule has 1 N–H and O–H groups in total. The Morgan fingerprint density at radius 3 is 2.92 bits per heavy atom. The molecule has 1 unspecified atom stereocenters. The molecule has 0 saturated carbocycles. The van der Waals surface area contributed by atoms with Crippen LogP contribution in [0.2, 0.25) is 0 Å². The lowest BCUT2D eigenvalue weighted by Crippen LogP contribution is -2.29. The quantitative estimate of drug-likeness (QED) is 0.387. The maximum absolute atomic E-state index is 13.4. The van der Waals surface area contributed by atoms with Crippen LogP contribution in [0.25, 0.3) is 0 Å². The molecule has 0 spiro atoms. The first-order valence-electron chi connectivity index (χ1n) is 3.19. The summed E-state index contributed by atoms with van der Waals surface area (Å²) in [5.41, 5.74) is -2.20. The van der Waals surface area contributed by atoms with Gasteiger partial charge in [0.2, 0.25) is 0 Å². The highest BCUT2D eigenvalue weighted by atomic mass is 35.5. The van der Waals surface area contributed by atoms with Gasteiger partial charge in [-0.2, -0.15) is 0 Å². The molecule has 66 valence electrons. The minimum absolute atomic E-state index is 0.521. The number of alkyl halides is 1. The Labute approximate surface area is 72.8 Å². The molecule has 2 nitrogen and oxygen atoms in total. The van der Waals surface area contributed by atoms with Gasteiger partial charge in [0.15, 0.2) is 10.8 Å². The molecule has 1 atom stereocenters. The molecule has 1 aliphatic rings. The van der Waals surface area contributed by atoms with E-state index in [0.29, 0.717) is 0 Å². The molecule has 0 saturated heterocycles. The van der Waals surface area contributed by atoms with Crippen LogP contribution in [0.1, 0.15) is 6.42 Å². The molecule has 0 fully saturated rings. The number of oxime groups is 1. The van der Waals surface area contributed by atoms with Crippen LogP contribution < -0.4 is 0 Å². The van der Waals surface area contributed by atoms with Crippen LogP contribution in [0.3, 0.4) is 0 Å². The third-order valence-corrected chi connectivity index (χ3v) is 1.88. The normalized spacial score (nSPS) is 30.2. The highest BCUT2D eigenvalue weighted by Crippen LogP contribution is 2.30. The Bertz CT molecular complexity index is 275. The second kappa shape index (κ2) is 3.23. The minimum atomic E-state index is -2.20. The van der Waals surface area contributed by atoms with Gasteiger partial charge in [0.25, 0.3) is 0 Å². The van der Waals surface area contributed by atoms with Gasteiger partial charge >= 0.3 is 0 Å². The zero-order valence-electron chi connectivity index (χ0n) is 5.97. The van der Waals surface area contributed by atoms with Crippen molar-refractivity contribution in [1.29, 1.82) is 0 Å². The second-order valence-corrected chi connectivity index (χ2v) is 2.76. The van der Waals surface area contributed by atoms with Crippen molar-refractivity contribution >= 4 is 16.8 Å². The van der Waals surface area contributed by atoms with E-state index in [1.807, 2.05) is 0 Å². The molecule has 0 aliphatic heterocycles. The molecule has 1 rings (SSSR count). The monoisotopic (exact) mass is 193 g/mol. The van der Waals surface area contributed by atoms with Crippen molar-refractivity contribution in [3.63, 3.8) is 0 Å². The van der Waals surface area contributed by atoms with E-state index in [2.05, 4.69) is 5.16 Å². The maximum atomic E-state index is 13.4. The van der Waals surface area contributed by atoms with Crippen molar-refractivity contribution in [2.75, 3.05) is 0 Å². The van der Waals surface area contributed by atoms with Crippen LogP contribution in [0, 0.1) is 0 Å². The number of hydrogen-bond donors (Lipinski definition) is 1. The average molecular weight is 194 g/mol. The summed E-state index contributed by atoms with van der Waals surface area (Å²) in [6.07, 6.45) is 2.83. The van der Waals surface area contributed by atoms with Crippen molar-refractivity contribution in [2.45, 2.75) is 12.1 Å². The van der Waals surface area contributed by atoms with Crippen LogP contribution in [-0.4, -0.2) is 16.0 Å². The van der Waals surface area contributed by atoms with E-state index < -0.39 is 23.1 Å². The van der Waals surface area contributed by atoms with E-state index in [1.54, 1.807) is 0 Å². The Balaban J connectivity index is 2.90. The topological polar surface area (TPSA) is 32.6 Å². The zero-order chi connectivity index (χ0) is 9.19. The zero-order valence-corrected chi connectivity index (χ0v) is 6.72. The van der Waals surface area contributed by atoms with Crippen LogP contribution in [0.15, 0.2) is 29.2 Å². The summed E-state index contributed by atoms with van der Waals surface area (Å²) in [5.74, 6) is -0.637. The van der Waals surface area contributed by atoms with Crippen LogP contribution >= 0.6 is 11.6 Å². The van der Waals surface area contributed by atoms with Gasteiger partial charge in [-0.15, -0.1) is 0 Å². The lowest BCUT2D eigenvalue weighted by molar-refractivity contribution is 0.276. The van der Waals surface area contributed by atoms with E-state index >= 15 is 0 Å². The Morgan fingerprint density at radius 1 is 1.75 bits per heavy atom. The van der Waals surface area contributed by atoms with Crippen LogP contribution in [0.5, 0.6) is 0 Å². The van der Waals surface area contributed by atoms with Gasteiger partial charge < -0.3 is 5.21 Å². The van der Waals surface area contributed by atoms with Gasteiger partial charge in [0, 0.05) is 6.42 Å². The summed E-state index contributed by atoms with van der Waals surface area (Å²) in [5, 5.41) is 9.99. The maximum Gasteiger partial charge on any atom is 0.191 e. The predicted molar refractivity (Wildman–Crippen MR) is 41.9 cm³/mol. The van der Waals surface area contributed by atoms with Gasteiger partial charge in [-0.05, 0) is 12.2 Å². The largest absolute Gasteiger partial charge is 0.410 e. The smallest absolute Gasteiger partial charge is 0.191 e. The Kier molecular flexibility index (Phi) is 2.47. The molecule has 0 radical (unpaired) electrons. The van der Waals surface area contributed by atoms with E-state index in [1.165, 1.54) is 6.08 Å². The first-order chi connectivity index (χ1) is 5.58. The fraction of sp³-hybridized carbons (Fsp3) is 0.286. The lowest BCUT2D eigenvalue weighted by atomic mass is 9.98. The molecular formula is C7H6ClF2NO. The minimum Gasteiger partial charge on any atom is -0.410 e. The number of nitrogens with zero attached hydrogens (tertiary/aromatic N) is 1. The Morgan fingerprint density at radius 2 is 2.42 bits per heavy atom. The second-order valence-electron chi connectivity index (χ2n) is 2.40. The van der Waals surface area contributed by atoms with Gasteiger partial charge in [0.1, 0.15) is 5.83 Å². The first kappa shape index (κ1) is 9.19. The molecule has 0 aromatic heterocycles. The van der Waals surface area contributed by atoms with Gasteiger partial charge in [-0.3, -0.25) is 0 Å². The predicted octanol–water partition coefficient (Wildman–Crippen LogP) is 2.53. The molecule has 1 aliphatic carbocycles. The van der Waals surface area contributed by atoms with Crippen molar-refractivity contribution in [1.82, 2.24) is 0 Å². The van der Waals surface area contributed by atoms with Crippen LogP contribution in [0.4, 0.5) is 8.78 Å². The average Bonchev–Trinajstić information content (AvgIpc) is 2.02. The van der Waals surface area contributed by atoms with Crippen molar-refractivity contribution < 1.29 is 14.0 Å². The summed E-state index contributed by atoms with van der Waals surface area (Å²) in [6, 6.07) is 0. The highest BCUT2D eigenvalue weighted by molar-refractivity contribution is 6.67. The van der Waals surface area contributed by atoms with Gasteiger partial charge in [0.05, 0.1) is 0 Å². The molecule has 0 aromatic carbocycles. The molecule has 0 bridgehead atoms. The van der Waals surface area contributed by atoms with E-state index in [-0.39, 0.29) is 0 Å². The Hall–Kier alpha value is -0.900. The van der Waals surface area contributed by atoms with Gasteiger partial charge in [-0.25, -0.2) is 8.78 Å². The number of rotatable bonds is 1. The molecule has 0 amide bonds. The first-order valence-corrected chi connectivity index (χ1v) is 3.57. The fourth-order valence-electron chi connectivity index (χ4n) is 0.893. The van der Waals surface area contributed by atoms with Crippen molar-refractivity contribution in [3.8, 4) is 0 Å². The molecule has 0 heterocycles. The number of hydrogen-bond acceptors (Lipinski definition) is 2. The molecular weight excluding hydrogens is 188 g/mol. The van der Waals surface area contributed by atoms with E-state index in [4.69, 9.17) is 16.8 Å². The molecule has 5 heteroatoms. The lowest BCUT2D eigenvalue weighted by Gasteiger charge is -2.19. The number of allylic oxidation sites excluding steroid dienone is 4. The molecule has 0 aromatic rings. The van der Waals surface area contributed by atoms with Crippen molar-refractivity contribution in [2.24, 2.45) is 5.16 Å². The van der Waals surface area contributed by atoms with Gasteiger partial charge in [-0.1, -0.05) is 22.8 Å².